The van der Waals surface area contributed by atoms with Crippen molar-refractivity contribution in [1.82, 2.24) is 9.97 Å². The topological polar surface area (TPSA) is 102 Å². The summed E-state index contributed by atoms with van der Waals surface area (Å²) >= 11 is 1.60. The molecule has 0 bridgehead atoms. The first-order valence-corrected chi connectivity index (χ1v) is 11.5. The van der Waals surface area contributed by atoms with E-state index >= 15 is 0 Å². The maximum absolute atomic E-state index is 6.35. The fourth-order valence-electron chi connectivity index (χ4n) is 4.95. The number of hydrogen-bond acceptors (Lipinski definition) is 8. The quantitative estimate of drug-likeness (QED) is 0.689. The van der Waals surface area contributed by atoms with E-state index < -0.39 is 0 Å². The van der Waals surface area contributed by atoms with Crippen molar-refractivity contribution in [3.63, 3.8) is 0 Å². The monoisotopic (exact) mass is 426 g/mol. The van der Waals surface area contributed by atoms with Crippen LogP contribution in [0.25, 0.3) is 0 Å². The van der Waals surface area contributed by atoms with Crippen LogP contribution in [0, 0.1) is 5.41 Å². The second kappa shape index (κ2) is 7.28. The number of nitrogens with zero attached hydrogens (tertiary/aromatic N) is 3. The summed E-state index contributed by atoms with van der Waals surface area (Å²) in [5.74, 6) is 1.33. The first-order chi connectivity index (χ1) is 14.4. The minimum atomic E-state index is 0.0790. The summed E-state index contributed by atoms with van der Waals surface area (Å²) in [6, 6.07) is 6.50. The van der Waals surface area contributed by atoms with Crippen LogP contribution < -0.4 is 21.7 Å². The molecule has 0 radical (unpaired) electrons. The molecule has 0 aliphatic carbocycles. The fraction of sp³-hybridized carbons (Fsp3) is 0.545. The summed E-state index contributed by atoms with van der Waals surface area (Å²) in [5.41, 5.74) is 15.4. The molecule has 0 unspecified atom stereocenters. The molecule has 3 aliphatic rings. The molecule has 4 heterocycles. The van der Waals surface area contributed by atoms with Crippen LogP contribution in [-0.2, 0) is 10.2 Å². The van der Waals surface area contributed by atoms with Crippen molar-refractivity contribution < 1.29 is 4.74 Å². The molecule has 5 N–H and O–H groups in total. The van der Waals surface area contributed by atoms with Crippen molar-refractivity contribution in [3.8, 4) is 0 Å². The standard InChI is InChI=1S/C22H30N6OS/c1-21(2)12-26-14-4-3-5-15(18(14)21)30-20-19(24)27-17(10-25-20)28-8-6-22(7-9-28)13-29-11-16(22)23/h3-5,10,16,26H,6-9,11-13,23H2,1-2H3,(H2,24,27)/t16-/m1/s1. The smallest absolute Gasteiger partial charge is 0.158 e. The molecule has 1 aromatic heterocycles. The van der Waals surface area contributed by atoms with Gasteiger partial charge in [-0.3, -0.25) is 0 Å². The summed E-state index contributed by atoms with van der Waals surface area (Å²) in [7, 11) is 0. The lowest BCUT2D eigenvalue weighted by Crippen LogP contribution is -2.49. The van der Waals surface area contributed by atoms with Gasteiger partial charge in [0, 0.05) is 47.1 Å². The van der Waals surface area contributed by atoms with Crippen LogP contribution in [0.1, 0.15) is 32.3 Å². The Balaban J connectivity index is 1.33. The van der Waals surface area contributed by atoms with Crippen molar-refractivity contribution >= 4 is 29.1 Å². The lowest BCUT2D eigenvalue weighted by atomic mass is 9.75. The van der Waals surface area contributed by atoms with Crippen LogP contribution in [-0.4, -0.2) is 48.9 Å². The van der Waals surface area contributed by atoms with Crippen LogP contribution in [0.3, 0.4) is 0 Å². The molecule has 0 saturated carbocycles. The van der Waals surface area contributed by atoms with Crippen molar-refractivity contribution in [3.05, 3.63) is 30.0 Å². The minimum absolute atomic E-state index is 0.0790. The molecule has 30 heavy (non-hydrogen) atoms. The maximum Gasteiger partial charge on any atom is 0.158 e. The van der Waals surface area contributed by atoms with Crippen LogP contribution in [0.4, 0.5) is 17.3 Å². The zero-order valence-electron chi connectivity index (χ0n) is 17.6. The van der Waals surface area contributed by atoms with Crippen molar-refractivity contribution in [2.24, 2.45) is 11.1 Å². The Kier molecular flexibility index (Phi) is 4.83. The SMILES string of the molecule is CC1(C)CNc2cccc(Sc3ncc(N4CCC5(CC4)COC[C@H]5N)nc3N)c21. The maximum atomic E-state index is 6.35. The molecular weight excluding hydrogens is 396 g/mol. The average molecular weight is 427 g/mol. The van der Waals surface area contributed by atoms with Gasteiger partial charge < -0.3 is 26.4 Å². The number of nitrogen functional groups attached to an aromatic ring is 1. The van der Waals surface area contributed by atoms with E-state index in [0.717, 1.165) is 49.9 Å². The lowest BCUT2D eigenvalue weighted by molar-refractivity contribution is 0.131. The Bertz CT molecular complexity index is 957. The third kappa shape index (κ3) is 3.31. The second-order valence-electron chi connectivity index (χ2n) is 9.41. The lowest BCUT2D eigenvalue weighted by Gasteiger charge is -2.41. The molecular formula is C22H30N6OS. The number of anilines is 3. The van der Waals surface area contributed by atoms with E-state index in [2.05, 4.69) is 47.2 Å². The summed E-state index contributed by atoms with van der Waals surface area (Å²) in [4.78, 5) is 12.8. The number of fused-ring (bicyclic) bond motifs is 1. The second-order valence-corrected chi connectivity index (χ2v) is 10.4. The van der Waals surface area contributed by atoms with Crippen molar-refractivity contribution in [2.75, 3.05) is 48.8 Å². The molecule has 1 atom stereocenters. The highest BCUT2D eigenvalue weighted by molar-refractivity contribution is 7.99. The zero-order chi connectivity index (χ0) is 20.9. The van der Waals surface area contributed by atoms with Gasteiger partial charge in [0.2, 0.25) is 0 Å². The molecule has 2 aromatic rings. The summed E-state index contributed by atoms with van der Waals surface area (Å²) in [6.45, 7) is 8.72. The summed E-state index contributed by atoms with van der Waals surface area (Å²) < 4.78 is 5.63. The largest absolute Gasteiger partial charge is 0.384 e. The van der Waals surface area contributed by atoms with E-state index in [9.17, 15) is 0 Å². The van der Waals surface area contributed by atoms with E-state index in [-0.39, 0.29) is 16.9 Å². The van der Waals surface area contributed by atoms with Crippen molar-refractivity contribution in [1.29, 1.82) is 0 Å². The van der Waals surface area contributed by atoms with Crippen LogP contribution in [0.2, 0.25) is 0 Å². The number of nitrogens with two attached hydrogens (primary N) is 2. The molecule has 0 amide bonds. The molecule has 5 rings (SSSR count). The third-order valence-electron chi connectivity index (χ3n) is 6.94. The van der Waals surface area contributed by atoms with Gasteiger partial charge in [-0.1, -0.05) is 31.7 Å². The number of piperidine rings is 1. The van der Waals surface area contributed by atoms with E-state index in [1.165, 1.54) is 16.1 Å². The third-order valence-corrected chi connectivity index (χ3v) is 8.01. The van der Waals surface area contributed by atoms with Crippen LogP contribution in [0.15, 0.2) is 34.3 Å². The van der Waals surface area contributed by atoms with E-state index in [4.69, 9.17) is 21.2 Å². The molecule has 3 aliphatic heterocycles. The molecule has 8 heteroatoms. The highest BCUT2D eigenvalue weighted by atomic mass is 32.2. The Labute approximate surface area is 182 Å². The first-order valence-electron chi connectivity index (χ1n) is 10.6. The number of rotatable bonds is 3. The van der Waals surface area contributed by atoms with Gasteiger partial charge >= 0.3 is 0 Å². The summed E-state index contributed by atoms with van der Waals surface area (Å²) in [5, 5.41) is 4.26. The molecule has 7 nitrogen and oxygen atoms in total. The molecule has 1 aromatic carbocycles. The van der Waals surface area contributed by atoms with E-state index in [0.29, 0.717) is 12.4 Å². The number of nitrogens with one attached hydrogen (secondary N) is 1. The van der Waals surface area contributed by atoms with E-state index in [1.807, 2.05) is 6.20 Å². The van der Waals surface area contributed by atoms with Crippen LogP contribution in [0.5, 0.6) is 0 Å². The number of hydrogen-bond donors (Lipinski definition) is 3. The molecule has 160 valence electrons. The number of benzene rings is 1. The predicted octanol–water partition coefficient (Wildman–Crippen LogP) is 2.86. The van der Waals surface area contributed by atoms with Gasteiger partial charge in [0.1, 0.15) is 10.8 Å². The molecule has 2 fully saturated rings. The molecule has 2 saturated heterocycles. The summed E-state index contributed by atoms with van der Waals surface area (Å²) in [6.07, 6.45) is 3.89. The van der Waals surface area contributed by atoms with Crippen LogP contribution >= 0.6 is 11.8 Å². The van der Waals surface area contributed by atoms with Gasteiger partial charge in [-0.25, -0.2) is 9.97 Å². The minimum Gasteiger partial charge on any atom is -0.384 e. The first kappa shape index (κ1) is 19.9. The number of aromatic nitrogens is 2. The van der Waals surface area contributed by atoms with Gasteiger partial charge in [-0.15, -0.1) is 0 Å². The van der Waals surface area contributed by atoms with Crippen molar-refractivity contribution in [2.45, 2.75) is 48.1 Å². The predicted molar refractivity (Wildman–Crippen MR) is 121 cm³/mol. The molecule has 1 spiro atoms. The van der Waals surface area contributed by atoms with Gasteiger partial charge in [0.15, 0.2) is 5.82 Å². The highest BCUT2D eigenvalue weighted by Crippen LogP contribution is 2.45. The zero-order valence-corrected chi connectivity index (χ0v) is 18.5. The highest BCUT2D eigenvalue weighted by Gasteiger charge is 2.44. The Morgan fingerprint density at radius 2 is 2.07 bits per heavy atom. The van der Waals surface area contributed by atoms with Gasteiger partial charge in [0.25, 0.3) is 0 Å². The number of ether oxygens (including phenoxy) is 1. The average Bonchev–Trinajstić information content (AvgIpc) is 3.24. The van der Waals surface area contributed by atoms with Gasteiger partial charge in [0.05, 0.1) is 19.4 Å². The fourth-order valence-corrected chi connectivity index (χ4v) is 6.05. The Hall–Kier alpha value is -2.03. The Morgan fingerprint density at radius 1 is 1.27 bits per heavy atom. The van der Waals surface area contributed by atoms with Gasteiger partial charge in [-0.2, -0.15) is 0 Å². The van der Waals surface area contributed by atoms with E-state index in [1.54, 1.807) is 11.8 Å². The Morgan fingerprint density at radius 3 is 2.77 bits per heavy atom. The normalized spacial score (nSPS) is 24.1. The van der Waals surface area contributed by atoms with Gasteiger partial charge in [-0.05, 0) is 30.5 Å².